The molecule has 2 heterocycles. The number of likely N-dealkylation sites (tertiary alicyclic amines) is 1. The molecule has 1 fully saturated rings. The van der Waals surface area contributed by atoms with Crippen molar-refractivity contribution in [1.29, 1.82) is 0 Å². The maximum absolute atomic E-state index is 12.2. The van der Waals surface area contributed by atoms with Crippen LogP contribution in [0.2, 0.25) is 0 Å². The van der Waals surface area contributed by atoms with Crippen LogP contribution in [0.25, 0.3) is 0 Å². The van der Waals surface area contributed by atoms with E-state index < -0.39 is 15.6 Å². The van der Waals surface area contributed by atoms with Crippen LogP contribution < -0.4 is 0 Å². The number of hydrogen-bond donors (Lipinski definition) is 0. The third-order valence-electron chi connectivity index (χ3n) is 3.49. The summed E-state index contributed by atoms with van der Waals surface area (Å²) in [6.07, 6.45) is 4.87. The lowest BCUT2D eigenvalue weighted by atomic mass is 10.1. The van der Waals surface area contributed by atoms with Crippen LogP contribution in [0, 0.1) is 5.92 Å². The molecule has 0 bridgehead atoms. The Hall–Kier alpha value is -1.44. The van der Waals surface area contributed by atoms with Gasteiger partial charge in [-0.15, -0.1) is 0 Å². The SMILES string of the molecule is CC(C)CS(=O)(=O)CC(=O)N1CCC[C@@H](n2cncn2)C1. The van der Waals surface area contributed by atoms with E-state index in [9.17, 15) is 13.2 Å². The molecule has 0 N–H and O–H groups in total. The van der Waals surface area contributed by atoms with E-state index in [0.29, 0.717) is 13.1 Å². The van der Waals surface area contributed by atoms with Gasteiger partial charge in [0.25, 0.3) is 0 Å². The second-order valence-electron chi connectivity index (χ2n) is 5.96. The zero-order valence-electron chi connectivity index (χ0n) is 12.5. The zero-order valence-corrected chi connectivity index (χ0v) is 13.3. The summed E-state index contributed by atoms with van der Waals surface area (Å²) in [4.78, 5) is 17.8. The molecule has 118 valence electrons. The summed E-state index contributed by atoms with van der Waals surface area (Å²) in [7, 11) is -3.33. The van der Waals surface area contributed by atoms with E-state index in [2.05, 4.69) is 10.1 Å². The Morgan fingerprint density at radius 1 is 1.43 bits per heavy atom. The van der Waals surface area contributed by atoms with Gasteiger partial charge in [0.15, 0.2) is 9.84 Å². The van der Waals surface area contributed by atoms with Crippen LogP contribution in [-0.2, 0) is 14.6 Å². The highest BCUT2D eigenvalue weighted by Crippen LogP contribution is 2.20. The number of nitrogens with zero attached hydrogens (tertiary/aromatic N) is 4. The van der Waals surface area contributed by atoms with Gasteiger partial charge in [-0.2, -0.15) is 5.10 Å². The topological polar surface area (TPSA) is 85.2 Å². The average Bonchev–Trinajstić information content (AvgIpc) is 2.90. The average molecular weight is 314 g/mol. The molecule has 1 aromatic heterocycles. The fourth-order valence-corrected chi connectivity index (χ4v) is 4.34. The number of hydrogen-bond acceptors (Lipinski definition) is 5. The van der Waals surface area contributed by atoms with Crippen molar-refractivity contribution in [1.82, 2.24) is 19.7 Å². The van der Waals surface area contributed by atoms with Crippen LogP contribution in [0.1, 0.15) is 32.7 Å². The Morgan fingerprint density at radius 3 is 2.81 bits per heavy atom. The standard InChI is InChI=1S/C13H22N4O3S/c1-11(2)7-21(19,20)8-13(18)16-5-3-4-12(6-16)17-10-14-9-15-17/h9-12H,3-8H2,1-2H3/t12-/m1/s1. The van der Waals surface area contributed by atoms with Gasteiger partial charge in [-0.1, -0.05) is 13.8 Å². The summed E-state index contributed by atoms with van der Waals surface area (Å²) in [6, 6.07) is 0.0815. The Bertz CT molecular complexity index is 568. The first kappa shape index (κ1) is 15.9. The minimum atomic E-state index is -3.33. The molecule has 0 radical (unpaired) electrons. The molecule has 1 atom stereocenters. The maximum Gasteiger partial charge on any atom is 0.237 e. The van der Waals surface area contributed by atoms with Gasteiger partial charge < -0.3 is 4.90 Å². The van der Waals surface area contributed by atoms with Crippen molar-refractivity contribution in [2.75, 3.05) is 24.6 Å². The molecule has 1 aliphatic heterocycles. The summed E-state index contributed by atoms with van der Waals surface area (Å²) in [5.74, 6) is -0.610. The summed E-state index contributed by atoms with van der Waals surface area (Å²) in [5.41, 5.74) is 0. The van der Waals surface area contributed by atoms with E-state index in [0.717, 1.165) is 12.8 Å². The number of carbonyl (C=O) groups excluding carboxylic acids is 1. The third kappa shape index (κ3) is 4.52. The second-order valence-corrected chi connectivity index (χ2v) is 8.07. The first-order chi connectivity index (χ1) is 9.87. The Balaban J connectivity index is 1.96. The maximum atomic E-state index is 12.2. The van der Waals surface area contributed by atoms with Crippen LogP contribution in [0.4, 0.5) is 0 Å². The fourth-order valence-electron chi connectivity index (χ4n) is 2.65. The molecule has 0 spiro atoms. The van der Waals surface area contributed by atoms with Crippen LogP contribution >= 0.6 is 0 Å². The van der Waals surface area contributed by atoms with Crippen molar-refractivity contribution >= 4 is 15.7 Å². The van der Waals surface area contributed by atoms with E-state index >= 15 is 0 Å². The molecule has 8 heteroatoms. The molecule has 2 rings (SSSR count). The van der Waals surface area contributed by atoms with E-state index in [1.54, 1.807) is 15.9 Å². The highest BCUT2D eigenvalue weighted by atomic mass is 32.2. The van der Waals surface area contributed by atoms with E-state index in [4.69, 9.17) is 0 Å². The summed E-state index contributed by atoms with van der Waals surface area (Å²) >= 11 is 0. The van der Waals surface area contributed by atoms with Crippen LogP contribution in [0.3, 0.4) is 0 Å². The van der Waals surface area contributed by atoms with Gasteiger partial charge in [-0.05, 0) is 18.8 Å². The molecule has 0 aromatic carbocycles. The van der Waals surface area contributed by atoms with E-state index in [1.807, 2.05) is 13.8 Å². The minimum Gasteiger partial charge on any atom is -0.340 e. The molecule has 7 nitrogen and oxygen atoms in total. The highest BCUT2D eigenvalue weighted by molar-refractivity contribution is 7.92. The van der Waals surface area contributed by atoms with Crippen molar-refractivity contribution in [2.24, 2.45) is 5.92 Å². The van der Waals surface area contributed by atoms with Crippen molar-refractivity contribution in [2.45, 2.75) is 32.7 Å². The van der Waals surface area contributed by atoms with Gasteiger partial charge in [0.1, 0.15) is 18.4 Å². The Morgan fingerprint density at radius 2 is 2.19 bits per heavy atom. The largest absolute Gasteiger partial charge is 0.340 e. The van der Waals surface area contributed by atoms with Crippen molar-refractivity contribution in [3.63, 3.8) is 0 Å². The van der Waals surface area contributed by atoms with Crippen molar-refractivity contribution < 1.29 is 13.2 Å². The number of piperidine rings is 1. The van der Waals surface area contributed by atoms with Crippen LogP contribution in [0.15, 0.2) is 12.7 Å². The van der Waals surface area contributed by atoms with Crippen LogP contribution in [0.5, 0.6) is 0 Å². The lowest BCUT2D eigenvalue weighted by Crippen LogP contribution is -2.43. The summed E-state index contributed by atoms with van der Waals surface area (Å²) < 4.78 is 25.6. The van der Waals surface area contributed by atoms with Crippen LogP contribution in [-0.4, -0.2) is 58.6 Å². The molecule has 0 unspecified atom stereocenters. The normalized spacial score (nSPS) is 20.0. The van der Waals surface area contributed by atoms with Crippen molar-refractivity contribution in [3.8, 4) is 0 Å². The van der Waals surface area contributed by atoms with Gasteiger partial charge in [0, 0.05) is 13.1 Å². The van der Waals surface area contributed by atoms with Gasteiger partial charge >= 0.3 is 0 Å². The predicted octanol–water partition coefficient (Wildman–Crippen LogP) is 0.512. The van der Waals surface area contributed by atoms with Gasteiger partial charge in [-0.25, -0.2) is 18.1 Å². The molecular weight excluding hydrogens is 292 g/mol. The fraction of sp³-hybridized carbons (Fsp3) is 0.769. The first-order valence-corrected chi connectivity index (χ1v) is 9.02. The third-order valence-corrected chi connectivity index (χ3v) is 5.35. The van der Waals surface area contributed by atoms with Gasteiger partial charge in [-0.3, -0.25) is 4.79 Å². The van der Waals surface area contributed by atoms with Crippen molar-refractivity contribution in [3.05, 3.63) is 12.7 Å². The van der Waals surface area contributed by atoms with Gasteiger partial charge in [0.05, 0.1) is 11.8 Å². The molecular formula is C13H22N4O3S. The monoisotopic (exact) mass is 314 g/mol. The number of amides is 1. The lowest BCUT2D eigenvalue weighted by Gasteiger charge is -2.32. The Labute approximate surface area is 125 Å². The highest BCUT2D eigenvalue weighted by Gasteiger charge is 2.28. The quantitative estimate of drug-likeness (QED) is 0.790. The number of carbonyl (C=O) groups is 1. The molecule has 0 aliphatic carbocycles. The predicted molar refractivity (Wildman–Crippen MR) is 78.4 cm³/mol. The van der Waals surface area contributed by atoms with Gasteiger partial charge in [0.2, 0.25) is 5.91 Å². The molecule has 21 heavy (non-hydrogen) atoms. The minimum absolute atomic E-state index is 0.0343. The number of sulfone groups is 1. The molecule has 0 saturated carbocycles. The van der Waals surface area contributed by atoms with E-state index in [1.165, 1.54) is 6.33 Å². The van der Waals surface area contributed by atoms with E-state index in [-0.39, 0.29) is 23.6 Å². The molecule has 1 aliphatic rings. The Kier molecular flexibility index (Phi) is 4.97. The lowest BCUT2D eigenvalue weighted by molar-refractivity contribution is -0.130. The number of rotatable bonds is 5. The first-order valence-electron chi connectivity index (χ1n) is 7.19. The zero-order chi connectivity index (χ0) is 15.5. The summed E-state index contributed by atoms with van der Waals surface area (Å²) in [5, 5.41) is 4.10. The molecule has 1 amide bonds. The number of aromatic nitrogens is 3. The second kappa shape index (κ2) is 6.55. The molecule has 1 saturated heterocycles. The smallest absolute Gasteiger partial charge is 0.237 e. The molecule has 1 aromatic rings. The summed E-state index contributed by atoms with van der Waals surface area (Å²) in [6.45, 7) is 4.79.